The molecule has 0 radical (unpaired) electrons. The van der Waals surface area contributed by atoms with Crippen molar-refractivity contribution in [2.75, 3.05) is 25.0 Å². The fraction of sp³-hybridized carbons (Fsp3) is 0.333. The zero-order chi connectivity index (χ0) is 22.6. The highest BCUT2D eigenvalue weighted by Crippen LogP contribution is 2.26. The van der Waals surface area contributed by atoms with Crippen LogP contribution in [0.5, 0.6) is 5.75 Å². The lowest BCUT2D eigenvalue weighted by atomic mass is 9.97. The Labute approximate surface area is 186 Å². The Kier molecular flexibility index (Phi) is 6.47. The van der Waals surface area contributed by atoms with Crippen LogP contribution in [0.25, 0.3) is 5.69 Å². The van der Waals surface area contributed by atoms with Crippen LogP contribution in [0.15, 0.2) is 59.8 Å². The molecular formula is C21H24N6O4S. The van der Waals surface area contributed by atoms with E-state index in [1.54, 1.807) is 36.4 Å². The molecule has 0 aliphatic carbocycles. The normalized spacial score (nSPS) is 15.4. The molecule has 1 fully saturated rings. The summed E-state index contributed by atoms with van der Waals surface area (Å²) < 4.78 is 34.3. The van der Waals surface area contributed by atoms with Gasteiger partial charge in [0.25, 0.3) is 0 Å². The van der Waals surface area contributed by atoms with Gasteiger partial charge in [0, 0.05) is 24.7 Å². The fourth-order valence-electron chi connectivity index (χ4n) is 3.60. The minimum atomic E-state index is -3.64. The van der Waals surface area contributed by atoms with Crippen LogP contribution in [0.4, 0.5) is 5.69 Å². The highest BCUT2D eigenvalue weighted by Gasteiger charge is 2.32. The van der Waals surface area contributed by atoms with Crippen molar-refractivity contribution in [2.45, 2.75) is 24.7 Å². The lowest BCUT2D eigenvalue weighted by molar-refractivity contribution is -0.120. The van der Waals surface area contributed by atoms with E-state index in [9.17, 15) is 13.2 Å². The topological polar surface area (TPSA) is 119 Å². The number of hydrogen-bond acceptors (Lipinski definition) is 7. The number of anilines is 1. The van der Waals surface area contributed by atoms with Gasteiger partial charge in [0.15, 0.2) is 0 Å². The number of nitrogens with one attached hydrogen (secondary N) is 1. The molecule has 0 saturated carbocycles. The van der Waals surface area contributed by atoms with Crippen molar-refractivity contribution in [1.29, 1.82) is 0 Å². The van der Waals surface area contributed by atoms with Crippen LogP contribution in [-0.4, -0.2) is 58.5 Å². The average molecular weight is 457 g/mol. The summed E-state index contributed by atoms with van der Waals surface area (Å²) in [5, 5.41) is 13.8. The van der Waals surface area contributed by atoms with Crippen molar-refractivity contribution in [3.63, 3.8) is 0 Å². The van der Waals surface area contributed by atoms with E-state index in [1.807, 2.05) is 6.92 Å². The van der Waals surface area contributed by atoms with Crippen LogP contribution in [0.3, 0.4) is 0 Å². The van der Waals surface area contributed by atoms with Crippen molar-refractivity contribution in [2.24, 2.45) is 5.92 Å². The van der Waals surface area contributed by atoms with Crippen LogP contribution in [-0.2, 0) is 14.8 Å². The zero-order valence-electron chi connectivity index (χ0n) is 17.6. The quantitative estimate of drug-likeness (QED) is 0.578. The summed E-state index contributed by atoms with van der Waals surface area (Å²) in [5.41, 5.74) is 1.36. The molecule has 1 saturated heterocycles. The number of piperidine rings is 1. The second kappa shape index (κ2) is 9.45. The first-order chi connectivity index (χ1) is 15.5. The average Bonchev–Trinajstić information content (AvgIpc) is 3.36. The molecule has 168 valence electrons. The predicted octanol–water partition coefficient (Wildman–Crippen LogP) is 2.10. The minimum Gasteiger partial charge on any atom is -0.494 e. The molecule has 0 bridgehead atoms. The molecule has 4 rings (SSSR count). The SMILES string of the molecule is CCOc1ccc(NC(=O)C2CCN(S(=O)(=O)c3ccc(-n4cnnn4)cc3)CC2)cc1. The Morgan fingerprint density at radius 1 is 1.09 bits per heavy atom. The van der Waals surface area contributed by atoms with E-state index in [-0.39, 0.29) is 16.7 Å². The first-order valence-corrected chi connectivity index (χ1v) is 11.8. The summed E-state index contributed by atoms with van der Waals surface area (Å²) in [4.78, 5) is 12.8. The van der Waals surface area contributed by atoms with Gasteiger partial charge in [-0.3, -0.25) is 4.79 Å². The number of nitrogens with zero attached hydrogens (tertiary/aromatic N) is 5. The summed E-state index contributed by atoms with van der Waals surface area (Å²) in [7, 11) is -3.64. The molecule has 2 heterocycles. The first kappa shape index (κ1) is 21.9. The number of ether oxygens (including phenoxy) is 1. The van der Waals surface area contributed by atoms with Gasteiger partial charge in [0.2, 0.25) is 15.9 Å². The molecule has 1 aliphatic rings. The van der Waals surface area contributed by atoms with Crippen molar-refractivity contribution >= 4 is 21.6 Å². The predicted molar refractivity (Wildman–Crippen MR) is 117 cm³/mol. The van der Waals surface area contributed by atoms with E-state index < -0.39 is 10.0 Å². The molecule has 11 heteroatoms. The van der Waals surface area contributed by atoms with E-state index in [1.165, 1.54) is 27.4 Å². The number of hydrogen-bond donors (Lipinski definition) is 1. The first-order valence-electron chi connectivity index (χ1n) is 10.3. The van der Waals surface area contributed by atoms with E-state index >= 15 is 0 Å². The lowest BCUT2D eigenvalue weighted by Gasteiger charge is -2.30. The fourth-order valence-corrected chi connectivity index (χ4v) is 5.07. The Bertz CT molecular complexity index is 1140. The molecule has 0 spiro atoms. The third kappa shape index (κ3) is 4.78. The molecule has 1 aliphatic heterocycles. The van der Waals surface area contributed by atoms with Crippen molar-refractivity contribution in [3.05, 3.63) is 54.9 Å². The molecule has 2 aromatic carbocycles. The second-order valence-electron chi connectivity index (χ2n) is 7.37. The molecule has 0 unspecified atom stereocenters. The number of tetrazole rings is 1. The van der Waals surface area contributed by atoms with Crippen LogP contribution < -0.4 is 10.1 Å². The maximum absolute atomic E-state index is 13.0. The van der Waals surface area contributed by atoms with Crippen molar-refractivity contribution in [3.8, 4) is 11.4 Å². The molecule has 1 aromatic heterocycles. The summed E-state index contributed by atoms with van der Waals surface area (Å²) in [6, 6.07) is 13.6. The van der Waals surface area contributed by atoms with Gasteiger partial charge in [-0.25, -0.2) is 13.1 Å². The van der Waals surface area contributed by atoms with E-state index in [0.717, 1.165) is 5.75 Å². The summed E-state index contributed by atoms with van der Waals surface area (Å²) in [5.74, 6) is 0.405. The summed E-state index contributed by atoms with van der Waals surface area (Å²) in [6.07, 6.45) is 2.36. The molecular weight excluding hydrogens is 432 g/mol. The van der Waals surface area contributed by atoms with E-state index in [0.29, 0.717) is 43.9 Å². The highest BCUT2D eigenvalue weighted by molar-refractivity contribution is 7.89. The number of sulfonamides is 1. The minimum absolute atomic E-state index is 0.1000. The number of amides is 1. The summed E-state index contributed by atoms with van der Waals surface area (Å²) >= 11 is 0. The molecule has 1 amide bonds. The highest BCUT2D eigenvalue weighted by atomic mass is 32.2. The monoisotopic (exact) mass is 456 g/mol. The number of carbonyl (C=O) groups is 1. The van der Waals surface area contributed by atoms with Gasteiger partial charge < -0.3 is 10.1 Å². The van der Waals surface area contributed by atoms with Gasteiger partial charge in [-0.1, -0.05) is 0 Å². The smallest absolute Gasteiger partial charge is 0.243 e. The van der Waals surface area contributed by atoms with Gasteiger partial charge >= 0.3 is 0 Å². The second-order valence-corrected chi connectivity index (χ2v) is 9.31. The standard InChI is InChI=1S/C21H24N6O4S/c1-2-31-19-7-3-17(4-8-19)23-21(28)16-11-13-26(14-12-16)32(29,30)20-9-5-18(6-10-20)27-15-22-24-25-27/h3-10,15-16H,2,11-14H2,1H3,(H,23,28). The maximum atomic E-state index is 13.0. The molecule has 0 atom stereocenters. The van der Waals surface area contributed by atoms with Gasteiger partial charge in [0.1, 0.15) is 12.1 Å². The van der Waals surface area contributed by atoms with E-state index in [2.05, 4.69) is 20.8 Å². The number of aromatic nitrogens is 4. The number of rotatable bonds is 7. The lowest BCUT2D eigenvalue weighted by Crippen LogP contribution is -2.41. The van der Waals surface area contributed by atoms with Crippen LogP contribution in [0.1, 0.15) is 19.8 Å². The van der Waals surface area contributed by atoms with Gasteiger partial charge in [-0.2, -0.15) is 4.31 Å². The van der Waals surface area contributed by atoms with Crippen LogP contribution >= 0.6 is 0 Å². The third-order valence-electron chi connectivity index (χ3n) is 5.35. The van der Waals surface area contributed by atoms with E-state index in [4.69, 9.17) is 4.74 Å². The zero-order valence-corrected chi connectivity index (χ0v) is 18.4. The Hall–Kier alpha value is -3.31. The van der Waals surface area contributed by atoms with Crippen LogP contribution in [0, 0.1) is 5.92 Å². The molecule has 1 N–H and O–H groups in total. The maximum Gasteiger partial charge on any atom is 0.243 e. The van der Waals surface area contributed by atoms with Gasteiger partial charge in [0.05, 0.1) is 17.2 Å². The summed E-state index contributed by atoms with van der Waals surface area (Å²) in [6.45, 7) is 3.07. The largest absolute Gasteiger partial charge is 0.494 e. The van der Waals surface area contributed by atoms with Gasteiger partial charge in [-0.15, -0.1) is 5.10 Å². The van der Waals surface area contributed by atoms with Gasteiger partial charge in [-0.05, 0) is 78.7 Å². The number of carbonyl (C=O) groups excluding carboxylic acids is 1. The van der Waals surface area contributed by atoms with Crippen LogP contribution in [0.2, 0.25) is 0 Å². The third-order valence-corrected chi connectivity index (χ3v) is 7.26. The molecule has 10 nitrogen and oxygen atoms in total. The molecule has 32 heavy (non-hydrogen) atoms. The molecule has 3 aromatic rings. The Morgan fingerprint density at radius 2 is 1.78 bits per heavy atom. The Balaban J connectivity index is 1.34. The van der Waals surface area contributed by atoms with Crippen molar-refractivity contribution in [1.82, 2.24) is 24.5 Å². The van der Waals surface area contributed by atoms with Crippen molar-refractivity contribution < 1.29 is 17.9 Å². The number of benzene rings is 2. The Morgan fingerprint density at radius 3 is 2.38 bits per heavy atom.